The third-order valence-electron chi connectivity index (χ3n) is 10.8. The molecule has 0 bridgehead atoms. The maximum Gasteiger partial charge on any atom is 0.416 e. The predicted octanol–water partition coefficient (Wildman–Crippen LogP) is 7.20. The number of hydrogen-bond acceptors (Lipinski definition) is 4. The van der Waals surface area contributed by atoms with Crippen molar-refractivity contribution in [2.75, 3.05) is 44.2 Å². The summed E-state index contributed by atoms with van der Waals surface area (Å²) in [5, 5.41) is 9.41. The van der Waals surface area contributed by atoms with Crippen LogP contribution in [0.25, 0.3) is 0 Å². The Labute approximate surface area is 268 Å². The first-order valence-corrected chi connectivity index (χ1v) is 16.7. The highest BCUT2D eigenvalue weighted by molar-refractivity contribution is 5.87. The summed E-state index contributed by atoms with van der Waals surface area (Å²) in [5.74, 6) is -2.00. The number of nitrogens with zero attached hydrogens (tertiary/aromatic N) is 3. The van der Waals surface area contributed by atoms with Crippen molar-refractivity contribution in [1.82, 2.24) is 9.80 Å². The van der Waals surface area contributed by atoms with Crippen LogP contribution in [0.2, 0.25) is 0 Å². The molecule has 2 atom stereocenters. The van der Waals surface area contributed by atoms with Crippen LogP contribution in [0.3, 0.4) is 0 Å². The van der Waals surface area contributed by atoms with Gasteiger partial charge in [0.05, 0.1) is 11.5 Å². The molecule has 2 aromatic rings. The van der Waals surface area contributed by atoms with Gasteiger partial charge < -0.3 is 14.9 Å². The summed E-state index contributed by atoms with van der Waals surface area (Å²) >= 11 is 0. The highest BCUT2D eigenvalue weighted by Gasteiger charge is 2.57. The van der Waals surface area contributed by atoms with Gasteiger partial charge in [0.25, 0.3) is 5.91 Å². The van der Waals surface area contributed by atoms with Gasteiger partial charge in [0.1, 0.15) is 0 Å². The van der Waals surface area contributed by atoms with E-state index in [0.717, 1.165) is 17.2 Å². The molecule has 4 fully saturated rings. The highest BCUT2D eigenvalue weighted by atomic mass is 19.4. The Morgan fingerprint density at radius 2 is 1.43 bits per heavy atom. The summed E-state index contributed by atoms with van der Waals surface area (Å²) in [6.45, 7) is 7.92. The quantitative estimate of drug-likeness (QED) is 0.338. The number of amides is 1. The Morgan fingerprint density at radius 1 is 0.826 bits per heavy atom. The van der Waals surface area contributed by atoms with E-state index in [1.165, 1.54) is 24.5 Å². The van der Waals surface area contributed by atoms with Crippen LogP contribution < -0.4 is 4.90 Å². The van der Waals surface area contributed by atoms with Gasteiger partial charge in [-0.15, -0.1) is 0 Å². The zero-order chi connectivity index (χ0) is 33.0. The fourth-order valence-corrected chi connectivity index (χ4v) is 7.69. The second-order valence-electron chi connectivity index (χ2n) is 14.8. The molecule has 250 valence electrons. The molecule has 0 radical (unpaired) electrons. The fourth-order valence-electron chi connectivity index (χ4n) is 7.69. The molecule has 0 unspecified atom stereocenters. The van der Waals surface area contributed by atoms with E-state index in [1.807, 2.05) is 37.8 Å². The molecule has 6 nitrogen and oxygen atoms in total. The topological polar surface area (TPSA) is 64.1 Å². The van der Waals surface area contributed by atoms with E-state index in [-0.39, 0.29) is 18.0 Å². The number of aliphatic carboxylic acids is 1. The van der Waals surface area contributed by atoms with E-state index in [0.29, 0.717) is 70.0 Å². The Bertz CT molecular complexity index is 1440. The number of rotatable bonds is 6. The summed E-state index contributed by atoms with van der Waals surface area (Å²) in [4.78, 5) is 31.1. The first-order chi connectivity index (χ1) is 21.6. The zero-order valence-corrected chi connectivity index (χ0v) is 27.0. The first kappa shape index (κ1) is 32.8. The number of carboxylic acid groups (broad SMARTS) is 1. The van der Waals surface area contributed by atoms with Crippen LogP contribution in [0.5, 0.6) is 0 Å². The Hall–Kier alpha value is -3.14. The third kappa shape index (κ3) is 6.51. The first-order valence-electron chi connectivity index (χ1n) is 16.7. The minimum atomic E-state index is -4.51. The summed E-state index contributed by atoms with van der Waals surface area (Å²) in [6.07, 6.45) is -0.391. The number of likely N-dealkylation sites (tertiary alicyclic amines) is 2. The molecule has 3 heterocycles. The molecule has 3 aliphatic heterocycles. The van der Waals surface area contributed by atoms with Crippen LogP contribution in [0.4, 0.5) is 23.2 Å². The average molecular weight is 644 g/mol. The maximum atomic E-state index is 17.3. The molecule has 4 aliphatic rings. The van der Waals surface area contributed by atoms with E-state index in [1.54, 1.807) is 11.0 Å². The van der Waals surface area contributed by atoms with Crippen LogP contribution in [0.1, 0.15) is 99.3 Å². The van der Waals surface area contributed by atoms with Gasteiger partial charge in [0.15, 0.2) is 0 Å². The van der Waals surface area contributed by atoms with Crippen molar-refractivity contribution < 1.29 is 32.3 Å². The van der Waals surface area contributed by atoms with Crippen molar-refractivity contribution in [3.8, 4) is 0 Å². The number of anilines is 1. The molecule has 0 spiro atoms. The Balaban J connectivity index is 1.20. The molecule has 1 N–H and O–H groups in total. The van der Waals surface area contributed by atoms with E-state index in [2.05, 4.69) is 17.0 Å². The van der Waals surface area contributed by atoms with Crippen LogP contribution in [-0.4, -0.2) is 77.3 Å². The molecular formula is C36H45F4N3O3. The minimum Gasteiger partial charge on any atom is -0.481 e. The van der Waals surface area contributed by atoms with Crippen molar-refractivity contribution >= 4 is 17.6 Å². The fraction of sp³-hybridized carbons (Fsp3) is 0.611. The van der Waals surface area contributed by atoms with Crippen LogP contribution in [-0.2, 0) is 15.8 Å². The molecule has 1 saturated carbocycles. The van der Waals surface area contributed by atoms with E-state index in [9.17, 15) is 27.9 Å². The second kappa shape index (κ2) is 12.1. The molecular weight excluding hydrogens is 598 g/mol. The number of benzene rings is 2. The lowest BCUT2D eigenvalue weighted by atomic mass is 9.83. The van der Waals surface area contributed by atoms with Gasteiger partial charge in [-0.05, 0) is 100.0 Å². The maximum absolute atomic E-state index is 17.3. The molecule has 46 heavy (non-hydrogen) atoms. The van der Waals surface area contributed by atoms with Crippen LogP contribution in [0.15, 0.2) is 42.5 Å². The van der Waals surface area contributed by atoms with Gasteiger partial charge in [-0.3, -0.25) is 14.5 Å². The van der Waals surface area contributed by atoms with Gasteiger partial charge >= 0.3 is 12.1 Å². The summed E-state index contributed by atoms with van der Waals surface area (Å²) < 4.78 is 58.5. The number of hydrogen-bond donors (Lipinski definition) is 1. The molecule has 6 rings (SSSR count). The van der Waals surface area contributed by atoms with Crippen molar-refractivity contribution in [3.05, 3.63) is 64.7 Å². The van der Waals surface area contributed by atoms with Gasteiger partial charge in [-0.2, -0.15) is 13.2 Å². The molecule has 3 saturated heterocycles. The minimum absolute atomic E-state index is 0.0135. The number of alkyl halides is 4. The van der Waals surface area contributed by atoms with Gasteiger partial charge in [-0.1, -0.05) is 30.3 Å². The van der Waals surface area contributed by atoms with Gasteiger partial charge in [-0.25, -0.2) is 4.39 Å². The van der Waals surface area contributed by atoms with Crippen LogP contribution >= 0.6 is 0 Å². The smallest absolute Gasteiger partial charge is 0.416 e. The van der Waals surface area contributed by atoms with Gasteiger partial charge in [0.2, 0.25) is 5.67 Å². The standard InChI is InChI=1S/C36H45F4N3O3/c1-34(2,3)43-21-30(26-8-6-24(7-9-26)23-4-5-23)35(37,22-43)33(46)42-18-12-25(13-19-42)29-11-10-28(36(38,39)40)20-31(29)41-16-14-27(15-17-41)32(44)45/h6-11,20,23,25,27,30H,4-5,12-19,21-22H2,1-3H3,(H,44,45)/t30-,35-/m0/s1. The predicted molar refractivity (Wildman–Crippen MR) is 169 cm³/mol. The van der Waals surface area contributed by atoms with Gasteiger partial charge in [0, 0.05) is 56.4 Å². The number of carboxylic acids is 1. The normalized spacial score (nSPS) is 25.7. The Kier molecular flexibility index (Phi) is 8.66. The zero-order valence-electron chi connectivity index (χ0n) is 27.0. The molecule has 10 heteroatoms. The van der Waals surface area contributed by atoms with Crippen molar-refractivity contribution in [3.63, 3.8) is 0 Å². The summed E-state index contributed by atoms with van der Waals surface area (Å²) in [7, 11) is 0. The monoisotopic (exact) mass is 643 g/mol. The number of carbonyl (C=O) groups excluding carboxylic acids is 1. The average Bonchev–Trinajstić information content (AvgIpc) is 3.81. The van der Waals surface area contributed by atoms with Crippen molar-refractivity contribution in [2.24, 2.45) is 5.92 Å². The second-order valence-corrected chi connectivity index (χ2v) is 14.8. The van der Waals surface area contributed by atoms with Crippen molar-refractivity contribution in [2.45, 2.75) is 94.4 Å². The largest absolute Gasteiger partial charge is 0.481 e. The van der Waals surface area contributed by atoms with Crippen molar-refractivity contribution in [1.29, 1.82) is 0 Å². The molecule has 1 aliphatic carbocycles. The SMILES string of the molecule is CC(C)(C)N1C[C@@H](c2ccc(C3CC3)cc2)[C@](F)(C(=O)N2CCC(c3ccc(C(F)(F)F)cc3N3CCC(C(=O)O)CC3)CC2)C1. The highest BCUT2D eigenvalue weighted by Crippen LogP contribution is 2.46. The Morgan fingerprint density at radius 3 is 1.98 bits per heavy atom. The van der Waals surface area contributed by atoms with E-state index >= 15 is 4.39 Å². The van der Waals surface area contributed by atoms with E-state index < -0.39 is 41.1 Å². The van der Waals surface area contributed by atoms with E-state index in [4.69, 9.17) is 0 Å². The molecule has 1 amide bonds. The lowest BCUT2D eigenvalue weighted by Gasteiger charge is -2.39. The van der Waals surface area contributed by atoms with Crippen LogP contribution in [0, 0.1) is 5.92 Å². The lowest BCUT2D eigenvalue weighted by Crippen LogP contribution is -2.53. The summed E-state index contributed by atoms with van der Waals surface area (Å²) in [6, 6.07) is 12.0. The lowest BCUT2D eigenvalue weighted by molar-refractivity contribution is -0.145. The molecule has 0 aromatic heterocycles. The third-order valence-corrected chi connectivity index (χ3v) is 10.8. The number of carbonyl (C=O) groups is 2. The number of piperidine rings is 2. The summed E-state index contributed by atoms with van der Waals surface area (Å²) in [5.41, 5.74) is 0.220. The molecule has 2 aromatic carbocycles. The number of halogens is 4.